The molecule has 1 amide bonds. The molecule has 3 rings (SSSR count). The number of carbonyl (C=O) groups excluding carboxylic acids is 1. The first-order chi connectivity index (χ1) is 12.3. The maximum Gasteiger partial charge on any atom is 0.410 e. The van der Waals surface area contributed by atoms with Crippen LogP contribution in [0.25, 0.3) is 11.1 Å². The minimum Gasteiger partial charge on any atom is -0.444 e. The van der Waals surface area contributed by atoms with Crippen LogP contribution in [0.1, 0.15) is 38.0 Å². The van der Waals surface area contributed by atoms with E-state index in [-0.39, 0.29) is 12.2 Å². The van der Waals surface area contributed by atoms with E-state index in [4.69, 9.17) is 9.47 Å². The van der Waals surface area contributed by atoms with Crippen molar-refractivity contribution in [2.75, 3.05) is 20.2 Å². The van der Waals surface area contributed by atoms with Gasteiger partial charge in [0.15, 0.2) is 0 Å². The summed E-state index contributed by atoms with van der Waals surface area (Å²) in [7, 11) is 1.75. The van der Waals surface area contributed by atoms with Gasteiger partial charge in [-0.2, -0.15) is 0 Å². The highest BCUT2D eigenvalue weighted by molar-refractivity contribution is 5.68. The molecule has 0 radical (unpaired) electrons. The third kappa shape index (κ3) is 4.41. The van der Waals surface area contributed by atoms with Crippen LogP contribution >= 0.6 is 0 Å². The zero-order chi connectivity index (χ0) is 18.7. The lowest BCUT2D eigenvalue weighted by Crippen LogP contribution is -2.37. The molecule has 138 valence electrons. The number of carbonyl (C=O) groups is 1. The van der Waals surface area contributed by atoms with Crippen LogP contribution in [0.3, 0.4) is 0 Å². The van der Waals surface area contributed by atoms with Crippen molar-refractivity contribution in [3.63, 3.8) is 0 Å². The predicted octanol–water partition coefficient (Wildman–Crippen LogP) is 4.23. The molecule has 2 aromatic rings. The molecule has 0 fully saturated rings. The lowest BCUT2D eigenvalue weighted by atomic mass is 9.93. The monoisotopic (exact) mass is 354 g/mol. The van der Waals surface area contributed by atoms with Crippen LogP contribution < -0.4 is 0 Å². The van der Waals surface area contributed by atoms with Crippen molar-refractivity contribution in [1.29, 1.82) is 0 Å². The maximum atomic E-state index is 12.3. The van der Waals surface area contributed by atoms with Crippen molar-refractivity contribution in [2.45, 2.75) is 38.9 Å². The maximum absolute atomic E-state index is 12.3. The Morgan fingerprint density at radius 3 is 2.65 bits per heavy atom. The third-order valence-corrected chi connectivity index (χ3v) is 4.34. The minimum absolute atomic E-state index is 0.155. The molecule has 0 saturated carbocycles. The van der Waals surface area contributed by atoms with E-state index in [1.54, 1.807) is 24.3 Å². The second kappa shape index (κ2) is 7.46. The molecule has 1 unspecified atom stereocenters. The van der Waals surface area contributed by atoms with E-state index in [0.29, 0.717) is 13.2 Å². The van der Waals surface area contributed by atoms with Gasteiger partial charge < -0.3 is 14.4 Å². The van der Waals surface area contributed by atoms with Crippen LogP contribution in [0.4, 0.5) is 4.79 Å². The molecule has 0 bridgehead atoms. The standard InChI is InChI=1S/C21H26N2O3/c1-21(2,3)26-20(24)23(4)14-19-18-13-17(15-7-10-22-11-8-15)6-5-16(18)9-12-25-19/h5-8,10-11,13,19H,9,12,14H2,1-4H3. The van der Waals surface area contributed by atoms with Crippen LogP contribution in [0, 0.1) is 0 Å². The molecule has 5 nitrogen and oxygen atoms in total. The largest absolute Gasteiger partial charge is 0.444 e. The summed E-state index contributed by atoms with van der Waals surface area (Å²) in [5, 5.41) is 0. The van der Waals surface area contributed by atoms with Gasteiger partial charge in [0.2, 0.25) is 0 Å². The van der Waals surface area contributed by atoms with Crippen LogP contribution in [0.2, 0.25) is 0 Å². The Kier molecular flexibility index (Phi) is 5.28. The lowest BCUT2D eigenvalue weighted by Gasteiger charge is -2.31. The van der Waals surface area contributed by atoms with Gasteiger partial charge in [0.1, 0.15) is 11.7 Å². The molecule has 0 spiro atoms. The van der Waals surface area contributed by atoms with Gasteiger partial charge in [0.05, 0.1) is 13.2 Å². The third-order valence-electron chi connectivity index (χ3n) is 4.34. The fraction of sp³-hybridized carbons (Fsp3) is 0.429. The number of hydrogen-bond donors (Lipinski definition) is 0. The summed E-state index contributed by atoms with van der Waals surface area (Å²) in [5.74, 6) is 0. The molecule has 1 aromatic carbocycles. The van der Waals surface area contributed by atoms with Gasteiger partial charge >= 0.3 is 6.09 Å². The highest BCUT2D eigenvalue weighted by atomic mass is 16.6. The molecular formula is C21H26N2O3. The fourth-order valence-electron chi connectivity index (χ4n) is 3.06. The summed E-state index contributed by atoms with van der Waals surface area (Å²) in [6.45, 7) is 6.72. The van der Waals surface area contributed by atoms with E-state index in [1.807, 2.05) is 32.9 Å². The second-order valence-electron chi connectivity index (χ2n) is 7.62. The van der Waals surface area contributed by atoms with E-state index in [9.17, 15) is 4.79 Å². The van der Waals surface area contributed by atoms with Gasteiger partial charge in [-0.25, -0.2) is 4.79 Å². The summed E-state index contributed by atoms with van der Waals surface area (Å²) >= 11 is 0. The van der Waals surface area contributed by atoms with Gasteiger partial charge in [0.25, 0.3) is 0 Å². The molecule has 0 N–H and O–H groups in total. The number of likely N-dealkylation sites (N-methyl/N-ethyl adjacent to an activating group) is 1. The van der Waals surface area contributed by atoms with Crippen LogP contribution in [-0.4, -0.2) is 41.8 Å². The zero-order valence-corrected chi connectivity index (χ0v) is 15.9. The Morgan fingerprint density at radius 2 is 1.96 bits per heavy atom. The number of rotatable bonds is 3. The van der Waals surface area contributed by atoms with Crippen LogP contribution in [-0.2, 0) is 15.9 Å². The molecule has 1 aromatic heterocycles. The smallest absolute Gasteiger partial charge is 0.410 e. The van der Waals surface area contributed by atoms with Crippen molar-refractivity contribution < 1.29 is 14.3 Å². The first-order valence-corrected chi connectivity index (χ1v) is 8.92. The minimum atomic E-state index is -0.509. The Morgan fingerprint density at radius 1 is 1.23 bits per heavy atom. The van der Waals surface area contributed by atoms with Crippen molar-refractivity contribution in [3.8, 4) is 11.1 Å². The Bertz CT molecular complexity index is 769. The molecule has 1 aliphatic rings. The van der Waals surface area contributed by atoms with E-state index in [1.165, 1.54) is 5.56 Å². The summed E-state index contributed by atoms with van der Waals surface area (Å²) in [5.41, 5.74) is 4.15. The van der Waals surface area contributed by atoms with Gasteiger partial charge in [-0.15, -0.1) is 0 Å². The number of aromatic nitrogens is 1. The summed E-state index contributed by atoms with van der Waals surface area (Å²) in [6, 6.07) is 10.4. The average molecular weight is 354 g/mol. The topological polar surface area (TPSA) is 51.7 Å². The van der Waals surface area contributed by atoms with Crippen molar-refractivity contribution in [3.05, 3.63) is 53.9 Å². The highest BCUT2D eigenvalue weighted by Gasteiger charge is 2.26. The van der Waals surface area contributed by atoms with E-state index in [0.717, 1.165) is 23.1 Å². The van der Waals surface area contributed by atoms with Crippen molar-refractivity contribution in [2.24, 2.45) is 0 Å². The van der Waals surface area contributed by atoms with Gasteiger partial charge in [-0.3, -0.25) is 4.98 Å². The Labute approximate surface area is 155 Å². The Balaban J connectivity index is 1.80. The van der Waals surface area contributed by atoms with E-state index in [2.05, 4.69) is 23.2 Å². The molecule has 2 heterocycles. The average Bonchev–Trinajstić information content (AvgIpc) is 2.61. The predicted molar refractivity (Wildman–Crippen MR) is 101 cm³/mol. The first-order valence-electron chi connectivity index (χ1n) is 8.92. The fourth-order valence-corrected chi connectivity index (χ4v) is 3.06. The molecule has 1 aliphatic heterocycles. The molecule has 0 aliphatic carbocycles. The van der Waals surface area contributed by atoms with Crippen LogP contribution in [0.15, 0.2) is 42.7 Å². The van der Waals surface area contributed by atoms with Gasteiger partial charge in [-0.05, 0) is 67.6 Å². The van der Waals surface area contributed by atoms with Gasteiger partial charge in [-0.1, -0.05) is 12.1 Å². The highest BCUT2D eigenvalue weighted by Crippen LogP contribution is 2.32. The number of amides is 1. The second-order valence-corrected chi connectivity index (χ2v) is 7.62. The number of pyridine rings is 1. The lowest BCUT2D eigenvalue weighted by molar-refractivity contribution is -0.00162. The summed E-state index contributed by atoms with van der Waals surface area (Å²) in [4.78, 5) is 17.9. The molecule has 5 heteroatoms. The van der Waals surface area contributed by atoms with Crippen molar-refractivity contribution >= 4 is 6.09 Å². The number of hydrogen-bond acceptors (Lipinski definition) is 4. The number of ether oxygens (including phenoxy) is 2. The molecule has 26 heavy (non-hydrogen) atoms. The summed E-state index contributed by atoms with van der Waals surface area (Å²) < 4.78 is 11.4. The first kappa shape index (κ1) is 18.4. The van der Waals surface area contributed by atoms with E-state index >= 15 is 0 Å². The summed E-state index contributed by atoms with van der Waals surface area (Å²) in [6.07, 6.45) is 3.98. The molecular weight excluding hydrogens is 328 g/mol. The Hall–Kier alpha value is -2.40. The van der Waals surface area contributed by atoms with Crippen LogP contribution in [0.5, 0.6) is 0 Å². The number of benzene rings is 1. The van der Waals surface area contributed by atoms with Crippen molar-refractivity contribution in [1.82, 2.24) is 9.88 Å². The zero-order valence-electron chi connectivity index (χ0n) is 15.9. The quantitative estimate of drug-likeness (QED) is 0.828. The number of nitrogens with zero attached hydrogens (tertiary/aromatic N) is 2. The van der Waals surface area contributed by atoms with E-state index < -0.39 is 5.60 Å². The molecule has 1 atom stereocenters. The van der Waals surface area contributed by atoms with Gasteiger partial charge in [0, 0.05) is 19.4 Å². The normalized spacial score (nSPS) is 16.7. The number of fused-ring (bicyclic) bond motifs is 1. The molecule has 0 saturated heterocycles. The SMILES string of the molecule is CN(CC1OCCc2ccc(-c3ccncc3)cc21)C(=O)OC(C)(C)C.